The van der Waals surface area contributed by atoms with Crippen molar-refractivity contribution in [2.24, 2.45) is 0 Å². The molecule has 0 bridgehead atoms. The molecule has 0 radical (unpaired) electrons. The van der Waals surface area contributed by atoms with Crippen LogP contribution >= 0.6 is 11.3 Å². The molecule has 19 heavy (non-hydrogen) atoms. The van der Waals surface area contributed by atoms with Crippen molar-refractivity contribution in [1.82, 2.24) is 5.32 Å². The van der Waals surface area contributed by atoms with Gasteiger partial charge in [0.15, 0.2) is 0 Å². The summed E-state index contributed by atoms with van der Waals surface area (Å²) in [6.45, 7) is 2.65. The Morgan fingerprint density at radius 2 is 2.11 bits per heavy atom. The maximum absolute atomic E-state index is 11.9. The number of carbonyl (C=O) groups excluding carboxylic acids is 1. The maximum Gasteiger partial charge on any atom is 0.224 e. The quantitative estimate of drug-likeness (QED) is 0.911. The van der Waals surface area contributed by atoms with Crippen molar-refractivity contribution in [2.45, 2.75) is 19.9 Å². The lowest BCUT2D eigenvalue weighted by Crippen LogP contribution is -2.24. The van der Waals surface area contributed by atoms with Crippen LogP contribution in [0, 0.1) is 6.92 Å². The summed E-state index contributed by atoms with van der Waals surface area (Å²) < 4.78 is 5.24. The van der Waals surface area contributed by atoms with Gasteiger partial charge in [-0.1, -0.05) is 18.2 Å². The third-order valence-electron chi connectivity index (χ3n) is 2.96. The largest absolute Gasteiger partial charge is 0.496 e. The van der Waals surface area contributed by atoms with Gasteiger partial charge in [0.1, 0.15) is 5.75 Å². The predicted octanol–water partition coefficient (Wildman–Crippen LogP) is 2.92. The molecule has 1 aromatic carbocycles. The topological polar surface area (TPSA) is 38.3 Å². The molecular weight excluding hydrogens is 258 g/mol. The number of carbonyl (C=O) groups is 1. The fourth-order valence-electron chi connectivity index (χ4n) is 1.85. The van der Waals surface area contributed by atoms with Crippen molar-refractivity contribution in [1.29, 1.82) is 0 Å². The zero-order valence-electron chi connectivity index (χ0n) is 11.1. The van der Waals surface area contributed by atoms with Gasteiger partial charge in [-0.2, -0.15) is 0 Å². The van der Waals surface area contributed by atoms with Crippen LogP contribution in [0.1, 0.15) is 16.0 Å². The summed E-state index contributed by atoms with van der Waals surface area (Å²) in [4.78, 5) is 13.1. The number of hydrogen-bond acceptors (Lipinski definition) is 3. The molecule has 0 aliphatic carbocycles. The Labute approximate surface area is 117 Å². The van der Waals surface area contributed by atoms with E-state index in [9.17, 15) is 4.79 Å². The van der Waals surface area contributed by atoms with Gasteiger partial charge in [0.25, 0.3) is 0 Å². The Kier molecular flexibility index (Phi) is 4.58. The molecule has 0 unspecified atom stereocenters. The highest BCUT2D eigenvalue weighted by atomic mass is 32.1. The fraction of sp³-hybridized carbons (Fsp3) is 0.267. The van der Waals surface area contributed by atoms with E-state index in [-0.39, 0.29) is 5.91 Å². The molecule has 1 amide bonds. The minimum atomic E-state index is 0.0114. The SMILES string of the molecule is COc1ccccc1CC(=O)NCc1sccc1C. The number of amides is 1. The highest BCUT2D eigenvalue weighted by Crippen LogP contribution is 2.18. The van der Waals surface area contributed by atoms with E-state index in [1.165, 1.54) is 10.4 Å². The summed E-state index contributed by atoms with van der Waals surface area (Å²) in [7, 11) is 1.62. The molecule has 4 heteroatoms. The molecule has 1 heterocycles. The number of nitrogens with one attached hydrogen (secondary N) is 1. The lowest BCUT2D eigenvalue weighted by Gasteiger charge is -2.08. The summed E-state index contributed by atoms with van der Waals surface area (Å²) in [6, 6.07) is 9.65. The van der Waals surface area contributed by atoms with Gasteiger partial charge in [-0.25, -0.2) is 0 Å². The summed E-state index contributed by atoms with van der Waals surface area (Å²) in [5.74, 6) is 0.766. The third-order valence-corrected chi connectivity index (χ3v) is 3.98. The second-order valence-electron chi connectivity index (χ2n) is 4.29. The van der Waals surface area contributed by atoms with Crippen LogP contribution in [0.15, 0.2) is 35.7 Å². The Bertz CT molecular complexity index is 563. The van der Waals surface area contributed by atoms with Crippen LogP contribution < -0.4 is 10.1 Å². The number of benzene rings is 1. The van der Waals surface area contributed by atoms with Gasteiger partial charge in [-0.15, -0.1) is 11.3 Å². The molecule has 0 aliphatic rings. The third kappa shape index (κ3) is 3.58. The molecule has 0 aliphatic heterocycles. The van der Waals surface area contributed by atoms with Gasteiger partial charge in [0.05, 0.1) is 20.1 Å². The highest BCUT2D eigenvalue weighted by Gasteiger charge is 2.08. The Morgan fingerprint density at radius 3 is 2.79 bits per heavy atom. The van der Waals surface area contributed by atoms with Crippen LogP contribution in [0.2, 0.25) is 0 Å². The smallest absolute Gasteiger partial charge is 0.224 e. The first kappa shape index (κ1) is 13.6. The Hall–Kier alpha value is -1.81. The first-order valence-electron chi connectivity index (χ1n) is 6.12. The van der Waals surface area contributed by atoms with Crippen LogP contribution in [0.5, 0.6) is 5.75 Å². The van der Waals surface area contributed by atoms with E-state index in [1.54, 1.807) is 18.4 Å². The standard InChI is InChI=1S/C15H17NO2S/c1-11-7-8-19-14(11)10-16-15(17)9-12-5-3-4-6-13(12)18-2/h3-8H,9-10H2,1-2H3,(H,16,17). The van der Waals surface area contributed by atoms with Gasteiger partial charge >= 0.3 is 0 Å². The second-order valence-corrected chi connectivity index (χ2v) is 5.29. The van der Waals surface area contributed by atoms with E-state index in [1.807, 2.05) is 29.6 Å². The van der Waals surface area contributed by atoms with E-state index in [0.29, 0.717) is 13.0 Å². The molecule has 0 saturated heterocycles. The molecule has 3 nitrogen and oxygen atoms in total. The van der Waals surface area contributed by atoms with Gasteiger partial charge in [-0.3, -0.25) is 4.79 Å². The van der Waals surface area contributed by atoms with E-state index >= 15 is 0 Å². The van der Waals surface area contributed by atoms with Crippen molar-refractivity contribution in [3.05, 3.63) is 51.7 Å². The maximum atomic E-state index is 11.9. The zero-order valence-corrected chi connectivity index (χ0v) is 11.9. The molecule has 0 atom stereocenters. The van der Waals surface area contributed by atoms with E-state index in [0.717, 1.165) is 11.3 Å². The molecule has 0 fully saturated rings. The lowest BCUT2D eigenvalue weighted by molar-refractivity contribution is -0.120. The molecule has 100 valence electrons. The summed E-state index contributed by atoms with van der Waals surface area (Å²) in [5.41, 5.74) is 2.13. The summed E-state index contributed by atoms with van der Waals surface area (Å²) in [6.07, 6.45) is 0.342. The number of rotatable bonds is 5. The van der Waals surface area contributed by atoms with Crippen molar-refractivity contribution in [3.63, 3.8) is 0 Å². The minimum Gasteiger partial charge on any atom is -0.496 e. The Balaban J connectivity index is 1.93. The number of ether oxygens (including phenoxy) is 1. The molecule has 0 saturated carbocycles. The zero-order chi connectivity index (χ0) is 13.7. The monoisotopic (exact) mass is 275 g/mol. The second kappa shape index (κ2) is 6.38. The van der Waals surface area contributed by atoms with Crippen LogP contribution in [0.25, 0.3) is 0 Å². The average Bonchev–Trinajstić information content (AvgIpc) is 2.82. The Morgan fingerprint density at radius 1 is 1.32 bits per heavy atom. The van der Waals surface area contributed by atoms with Crippen LogP contribution in [0.4, 0.5) is 0 Å². The molecule has 2 aromatic rings. The van der Waals surface area contributed by atoms with Crippen LogP contribution in [0.3, 0.4) is 0 Å². The summed E-state index contributed by atoms with van der Waals surface area (Å²) in [5, 5.41) is 4.98. The van der Waals surface area contributed by atoms with Crippen LogP contribution in [-0.4, -0.2) is 13.0 Å². The van der Waals surface area contributed by atoms with Crippen LogP contribution in [-0.2, 0) is 17.8 Å². The predicted molar refractivity (Wildman–Crippen MR) is 77.6 cm³/mol. The van der Waals surface area contributed by atoms with Gasteiger partial charge in [0.2, 0.25) is 5.91 Å². The number of thiophene rings is 1. The molecular formula is C15H17NO2S. The van der Waals surface area contributed by atoms with Gasteiger partial charge < -0.3 is 10.1 Å². The van der Waals surface area contributed by atoms with Crippen molar-refractivity contribution >= 4 is 17.2 Å². The highest BCUT2D eigenvalue weighted by molar-refractivity contribution is 7.10. The fourth-order valence-corrected chi connectivity index (χ4v) is 2.69. The molecule has 1 aromatic heterocycles. The molecule has 1 N–H and O–H groups in total. The normalized spacial score (nSPS) is 10.2. The average molecular weight is 275 g/mol. The molecule has 0 spiro atoms. The van der Waals surface area contributed by atoms with Gasteiger partial charge in [0, 0.05) is 10.4 Å². The van der Waals surface area contributed by atoms with E-state index < -0.39 is 0 Å². The molecule has 2 rings (SSSR count). The van der Waals surface area contributed by atoms with E-state index in [4.69, 9.17) is 4.74 Å². The number of aryl methyl sites for hydroxylation is 1. The number of para-hydroxylation sites is 1. The van der Waals surface area contributed by atoms with Gasteiger partial charge in [-0.05, 0) is 30.0 Å². The number of methoxy groups -OCH3 is 1. The van der Waals surface area contributed by atoms with Crippen molar-refractivity contribution < 1.29 is 9.53 Å². The summed E-state index contributed by atoms with van der Waals surface area (Å²) >= 11 is 1.67. The number of hydrogen-bond donors (Lipinski definition) is 1. The first-order chi connectivity index (χ1) is 9.20. The minimum absolute atomic E-state index is 0.0114. The first-order valence-corrected chi connectivity index (χ1v) is 7.00. The van der Waals surface area contributed by atoms with Crippen molar-refractivity contribution in [3.8, 4) is 5.75 Å². The lowest BCUT2D eigenvalue weighted by atomic mass is 10.1. The van der Waals surface area contributed by atoms with E-state index in [2.05, 4.69) is 18.3 Å². The van der Waals surface area contributed by atoms with Crippen molar-refractivity contribution in [2.75, 3.05) is 7.11 Å².